The maximum Gasteiger partial charge on any atom is 0.0497 e. The molecule has 1 aliphatic carbocycles. The number of rotatable bonds is 0. The Bertz CT molecular complexity index is 155. The van der Waals surface area contributed by atoms with Crippen molar-refractivity contribution in [3.05, 3.63) is 0 Å². The van der Waals surface area contributed by atoms with Crippen molar-refractivity contribution in [1.29, 1.82) is 0 Å². The quantitative estimate of drug-likeness (QED) is 0.559. The topological polar surface area (TPSA) is 9.23 Å². The van der Waals surface area contributed by atoms with E-state index >= 15 is 0 Å². The lowest BCUT2D eigenvalue weighted by molar-refractivity contribution is -0.0323. The van der Waals surface area contributed by atoms with Crippen LogP contribution in [0.25, 0.3) is 0 Å². The molecule has 3 unspecified atom stereocenters. The van der Waals surface area contributed by atoms with Gasteiger partial charge in [-0.25, -0.2) is 0 Å². The van der Waals surface area contributed by atoms with Gasteiger partial charge < -0.3 is 4.74 Å². The van der Waals surface area contributed by atoms with Crippen LogP contribution in [0, 0.1) is 17.8 Å². The number of ether oxygens (including phenoxy) is 1. The van der Waals surface area contributed by atoms with Gasteiger partial charge >= 0.3 is 0 Å². The molecule has 0 spiro atoms. The molecule has 0 N–H and O–H groups in total. The SMILES string of the molecule is CC1COCC2CCCCCCC12. The third-order valence-electron chi connectivity index (χ3n) is 3.91. The average Bonchev–Trinajstić information content (AvgIpc) is 2.07. The fraction of sp³-hybridized carbons (Fsp3) is 1.00. The maximum atomic E-state index is 5.65. The largest absolute Gasteiger partial charge is 0.381 e. The lowest BCUT2D eigenvalue weighted by Crippen LogP contribution is -2.34. The normalized spacial score (nSPS) is 41.8. The fourth-order valence-corrected chi connectivity index (χ4v) is 3.07. The summed E-state index contributed by atoms with van der Waals surface area (Å²) >= 11 is 0. The maximum absolute atomic E-state index is 5.65. The van der Waals surface area contributed by atoms with Gasteiger partial charge in [0.15, 0.2) is 0 Å². The van der Waals surface area contributed by atoms with Crippen LogP contribution in [0.2, 0.25) is 0 Å². The first-order chi connectivity index (χ1) is 6.38. The predicted molar refractivity (Wildman–Crippen MR) is 54.7 cm³/mol. The molecule has 13 heavy (non-hydrogen) atoms. The molecule has 0 aromatic heterocycles. The highest BCUT2D eigenvalue weighted by Gasteiger charge is 2.31. The van der Waals surface area contributed by atoms with Crippen molar-refractivity contribution in [1.82, 2.24) is 0 Å². The fourth-order valence-electron chi connectivity index (χ4n) is 3.07. The third kappa shape index (κ3) is 2.25. The summed E-state index contributed by atoms with van der Waals surface area (Å²) in [5.74, 6) is 2.69. The van der Waals surface area contributed by atoms with Gasteiger partial charge in [-0.2, -0.15) is 0 Å². The van der Waals surface area contributed by atoms with Crippen LogP contribution < -0.4 is 0 Å². The highest BCUT2D eigenvalue weighted by Crippen LogP contribution is 2.36. The van der Waals surface area contributed by atoms with E-state index in [1.165, 1.54) is 38.5 Å². The molecule has 2 rings (SSSR count). The Balaban J connectivity index is 1.96. The Morgan fingerprint density at radius 3 is 2.54 bits per heavy atom. The van der Waals surface area contributed by atoms with Crippen LogP contribution >= 0.6 is 0 Å². The molecular formula is C12H22O. The molecule has 2 aliphatic rings. The first-order valence-corrected chi connectivity index (χ1v) is 5.95. The highest BCUT2D eigenvalue weighted by molar-refractivity contribution is 4.80. The van der Waals surface area contributed by atoms with E-state index in [0.29, 0.717) is 0 Å². The van der Waals surface area contributed by atoms with E-state index in [1.54, 1.807) is 0 Å². The van der Waals surface area contributed by atoms with Crippen molar-refractivity contribution in [2.24, 2.45) is 17.8 Å². The van der Waals surface area contributed by atoms with Gasteiger partial charge in [0.25, 0.3) is 0 Å². The summed E-state index contributed by atoms with van der Waals surface area (Å²) in [6, 6.07) is 0. The Kier molecular flexibility index (Phi) is 3.26. The molecule has 0 amide bonds. The van der Waals surface area contributed by atoms with Crippen molar-refractivity contribution in [3.8, 4) is 0 Å². The van der Waals surface area contributed by atoms with Gasteiger partial charge in [0.2, 0.25) is 0 Å². The van der Waals surface area contributed by atoms with E-state index in [-0.39, 0.29) is 0 Å². The van der Waals surface area contributed by atoms with Crippen LogP contribution in [0.5, 0.6) is 0 Å². The van der Waals surface area contributed by atoms with Crippen LogP contribution in [-0.2, 0) is 4.74 Å². The van der Waals surface area contributed by atoms with E-state index in [0.717, 1.165) is 31.0 Å². The van der Waals surface area contributed by atoms with Crippen LogP contribution in [0.1, 0.15) is 45.4 Å². The van der Waals surface area contributed by atoms with Crippen molar-refractivity contribution in [2.75, 3.05) is 13.2 Å². The molecule has 1 saturated heterocycles. The molecule has 1 aliphatic heterocycles. The molecule has 3 atom stereocenters. The molecule has 2 fully saturated rings. The van der Waals surface area contributed by atoms with Crippen LogP contribution in [0.3, 0.4) is 0 Å². The number of hydrogen-bond donors (Lipinski definition) is 0. The molecule has 0 radical (unpaired) electrons. The van der Waals surface area contributed by atoms with Gasteiger partial charge in [0, 0.05) is 13.2 Å². The smallest absolute Gasteiger partial charge is 0.0497 e. The minimum Gasteiger partial charge on any atom is -0.381 e. The molecule has 1 heteroatoms. The number of hydrogen-bond acceptors (Lipinski definition) is 1. The minimum atomic E-state index is 0.817. The summed E-state index contributed by atoms with van der Waals surface area (Å²) in [5, 5.41) is 0. The van der Waals surface area contributed by atoms with Crippen molar-refractivity contribution in [3.63, 3.8) is 0 Å². The van der Waals surface area contributed by atoms with Crippen molar-refractivity contribution >= 4 is 0 Å². The first-order valence-electron chi connectivity index (χ1n) is 5.95. The summed E-state index contributed by atoms with van der Waals surface area (Å²) in [6.07, 6.45) is 8.72. The van der Waals surface area contributed by atoms with E-state index in [4.69, 9.17) is 4.74 Å². The Hall–Kier alpha value is -0.0400. The monoisotopic (exact) mass is 182 g/mol. The van der Waals surface area contributed by atoms with Gasteiger partial charge in [0.05, 0.1) is 0 Å². The van der Waals surface area contributed by atoms with Crippen LogP contribution in [-0.4, -0.2) is 13.2 Å². The summed E-state index contributed by atoms with van der Waals surface area (Å²) < 4.78 is 5.65. The molecular weight excluding hydrogens is 160 g/mol. The average molecular weight is 182 g/mol. The van der Waals surface area contributed by atoms with Gasteiger partial charge in [0.1, 0.15) is 0 Å². The lowest BCUT2D eigenvalue weighted by Gasteiger charge is -2.37. The van der Waals surface area contributed by atoms with E-state index in [9.17, 15) is 0 Å². The predicted octanol–water partition coefficient (Wildman–Crippen LogP) is 3.24. The van der Waals surface area contributed by atoms with Gasteiger partial charge in [-0.05, 0) is 30.6 Å². The van der Waals surface area contributed by atoms with Crippen LogP contribution in [0.15, 0.2) is 0 Å². The molecule has 0 aromatic rings. The van der Waals surface area contributed by atoms with Gasteiger partial charge in [-0.1, -0.05) is 32.6 Å². The van der Waals surface area contributed by atoms with Gasteiger partial charge in [-0.15, -0.1) is 0 Å². The third-order valence-corrected chi connectivity index (χ3v) is 3.91. The standard InChI is InChI=1S/C12H22O/c1-10-8-13-9-11-6-4-2-3-5-7-12(10)11/h10-12H,2-9H2,1H3. The summed E-state index contributed by atoms with van der Waals surface area (Å²) in [6.45, 7) is 4.44. The molecule has 0 bridgehead atoms. The lowest BCUT2D eigenvalue weighted by atomic mass is 9.74. The van der Waals surface area contributed by atoms with E-state index in [1.807, 2.05) is 0 Å². The van der Waals surface area contributed by atoms with E-state index in [2.05, 4.69) is 6.92 Å². The zero-order chi connectivity index (χ0) is 9.10. The Morgan fingerprint density at radius 1 is 0.923 bits per heavy atom. The second kappa shape index (κ2) is 4.45. The summed E-state index contributed by atoms with van der Waals surface area (Å²) in [4.78, 5) is 0. The highest BCUT2D eigenvalue weighted by atomic mass is 16.5. The molecule has 76 valence electrons. The zero-order valence-corrected chi connectivity index (χ0v) is 8.80. The number of fused-ring (bicyclic) bond motifs is 1. The van der Waals surface area contributed by atoms with Crippen molar-refractivity contribution in [2.45, 2.75) is 45.4 Å². The minimum absolute atomic E-state index is 0.817. The molecule has 1 nitrogen and oxygen atoms in total. The molecule has 1 saturated carbocycles. The molecule has 1 heterocycles. The molecule has 0 aromatic carbocycles. The van der Waals surface area contributed by atoms with E-state index < -0.39 is 0 Å². The van der Waals surface area contributed by atoms with Gasteiger partial charge in [-0.3, -0.25) is 0 Å². The zero-order valence-electron chi connectivity index (χ0n) is 8.80. The Morgan fingerprint density at radius 2 is 1.69 bits per heavy atom. The summed E-state index contributed by atoms with van der Waals surface area (Å²) in [7, 11) is 0. The van der Waals surface area contributed by atoms with Crippen molar-refractivity contribution < 1.29 is 4.74 Å². The first kappa shape index (κ1) is 9.51. The second-order valence-electron chi connectivity index (χ2n) is 4.93. The van der Waals surface area contributed by atoms with Crippen LogP contribution in [0.4, 0.5) is 0 Å². The second-order valence-corrected chi connectivity index (χ2v) is 4.93. The Labute approximate surface area is 81.9 Å². The summed E-state index contributed by atoms with van der Waals surface area (Å²) in [5.41, 5.74) is 0.